The maximum absolute atomic E-state index is 14.3. The van der Waals surface area contributed by atoms with Crippen LogP contribution in [-0.4, -0.2) is 0 Å². The van der Waals surface area contributed by atoms with Crippen LogP contribution in [0.1, 0.15) is 80.0 Å². The quantitative estimate of drug-likeness (QED) is 0.345. The fourth-order valence-corrected chi connectivity index (χ4v) is 5.19. The van der Waals surface area contributed by atoms with Crippen LogP contribution in [0.2, 0.25) is 0 Å². The maximum atomic E-state index is 14.3. The minimum atomic E-state index is -0.351. The molecule has 170 valence electrons. The Bertz CT molecular complexity index is 1070. The topological polar surface area (TPSA) is 23.8 Å². The van der Waals surface area contributed by atoms with Gasteiger partial charge in [-0.15, -0.1) is 0 Å². The Hall–Kier alpha value is -2.92. The van der Waals surface area contributed by atoms with Gasteiger partial charge in [-0.25, -0.2) is 4.39 Å². The van der Waals surface area contributed by atoms with Gasteiger partial charge in [-0.1, -0.05) is 80.8 Å². The minimum Gasteiger partial charge on any atom is -0.206 e. The lowest BCUT2D eigenvalue weighted by Gasteiger charge is -2.29. The average Bonchev–Trinajstić information content (AvgIpc) is 2.87. The first-order valence-corrected chi connectivity index (χ1v) is 12.5. The van der Waals surface area contributed by atoms with E-state index >= 15 is 0 Å². The third-order valence-electron chi connectivity index (χ3n) is 7.33. The second-order valence-corrected chi connectivity index (χ2v) is 9.60. The maximum Gasteiger partial charge on any atom is 0.132 e. The largest absolute Gasteiger partial charge is 0.206 e. The molecule has 0 aromatic heterocycles. The van der Waals surface area contributed by atoms with E-state index in [4.69, 9.17) is 5.26 Å². The minimum absolute atomic E-state index is 0.346. The van der Waals surface area contributed by atoms with Crippen LogP contribution < -0.4 is 0 Å². The first-order chi connectivity index (χ1) is 16.2. The van der Waals surface area contributed by atoms with Crippen LogP contribution in [0.4, 0.5) is 4.39 Å². The number of nitrogens with zero attached hydrogens (tertiary/aromatic N) is 1. The molecular formula is C31H34FN. The Labute approximate surface area is 198 Å². The summed E-state index contributed by atoms with van der Waals surface area (Å²) in [6, 6.07) is 24.0. The molecule has 1 nitrogen and oxygen atoms in total. The van der Waals surface area contributed by atoms with Gasteiger partial charge in [0.1, 0.15) is 5.82 Å². The van der Waals surface area contributed by atoms with Crippen molar-refractivity contribution in [2.75, 3.05) is 0 Å². The summed E-state index contributed by atoms with van der Waals surface area (Å²) in [6.07, 6.45) is 11.6. The van der Waals surface area contributed by atoms with Crippen LogP contribution in [0.3, 0.4) is 0 Å². The molecule has 3 aromatic rings. The monoisotopic (exact) mass is 439 g/mol. The summed E-state index contributed by atoms with van der Waals surface area (Å²) in [5.41, 5.74) is 5.87. The Morgan fingerprint density at radius 1 is 0.848 bits per heavy atom. The van der Waals surface area contributed by atoms with E-state index < -0.39 is 0 Å². The summed E-state index contributed by atoms with van der Waals surface area (Å²) >= 11 is 0. The molecule has 1 fully saturated rings. The first kappa shape index (κ1) is 23.2. The molecule has 0 bridgehead atoms. The summed E-state index contributed by atoms with van der Waals surface area (Å²) in [6.45, 7) is 2.29. The standard InChI is InChI=1S/C31H34FN/c1-2-3-4-23-7-14-27(15-8-23)28-16-9-24(10-17-28)5-6-25-11-18-29(19-12-25)30-20-13-26(22-33)21-31(30)32/h9-13,16-21,23,27H,2-8,14-15H2,1H3. The smallest absolute Gasteiger partial charge is 0.132 e. The van der Waals surface area contributed by atoms with Gasteiger partial charge in [0.05, 0.1) is 11.6 Å². The van der Waals surface area contributed by atoms with Crippen LogP contribution in [0.25, 0.3) is 11.1 Å². The second-order valence-electron chi connectivity index (χ2n) is 9.60. The van der Waals surface area contributed by atoms with Crippen molar-refractivity contribution < 1.29 is 4.39 Å². The lowest BCUT2D eigenvalue weighted by molar-refractivity contribution is 0.304. The number of unbranched alkanes of at least 4 members (excludes halogenated alkanes) is 1. The molecule has 2 heteroatoms. The zero-order valence-electron chi connectivity index (χ0n) is 19.7. The van der Waals surface area contributed by atoms with E-state index in [1.165, 1.54) is 67.7 Å². The van der Waals surface area contributed by atoms with Crippen molar-refractivity contribution in [2.24, 2.45) is 5.92 Å². The highest BCUT2D eigenvalue weighted by atomic mass is 19.1. The van der Waals surface area contributed by atoms with Gasteiger partial charge < -0.3 is 0 Å². The molecule has 0 N–H and O–H groups in total. The van der Waals surface area contributed by atoms with Crippen molar-refractivity contribution in [3.8, 4) is 17.2 Å². The molecule has 3 aromatic carbocycles. The summed E-state index contributed by atoms with van der Waals surface area (Å²) in [5.74, 6) is 1.35. The summed E-state index contributed by atoms with van der Waals surface area (Å²) in [4.78, 5) is 0. The van der Waals surface area contributed by atoms with E-state index in [1.54, 1.807) is 12.1 Å². The Morgan fingerprint density at radius 3 is 2.06 bits per heavy atom. The zero-order chi connectivity index (χ0) is 23.0. The summed E-state index contributed by atoms with van der Waals surface area (Å²) in [5, 5.41) is 8.91. The number of benzene rings is 3. The molecule has 0 amide bonds. The van der Waals surface area contributed by atoms with E-state index in [2.05, 4.69) is 43.3 Å². The van der Waals surface area contributed by atoms with Gasteiger partial charge in [-0.2, -0.15) is 5.26 Å². The van der Waals surface area contributed by atoms with E-state index in [0.717, 1.165) is 30.2 Å². The number of halogens is 1. The number of hydrogen-bond acceptors (Lipinski definition) is 1. The first-order valence-electron chi connectivity index (χ1n) is 12.5. The average molecular weight is 440 g/mol. The van der Waals surface area contributed by atoms with Crippen molar-refractivity contribution in [1.82, 2.24) is 0 Å². The number of rotatable bonds is 8. The molecule has 0 aliphatic heterocycles. The number of hydrogen-bond donors (Lipinski definition) is 0. The van der Waals surface area contributed by atoms with E-state index in [1.807, 2.05) is 18.2 Å². The molecule has 33 heavy (non-hydrogen) atoms. The molecule has 0 unspecified atom stereocenters. The normalized spacial score (nSPS) is 18.1. The molecule has 0 saturated heterocycles. The highest BCUT2D eigenvalue weighted by molar-refractivity contribution is 5.65. The Balaban J connectivity index is 1.29. The lowest BCUT2D eigenvalue weighted by atomic mass is 9.77. The molecule has 1 saturated carbocycles. The van der Waals surface area contributed by atoms with Crippen LogP contribution in [0, 0.1) is 23.1 Å². The van der Waals surface area contributed by atoms with Gasteiger partial charge >= 0.3 is 0 Å². The molecule has 0 spiro atoms. The molecule has 0 atom stereocenters. The van der Waals surface area contributed by atoms with Gasteiger partial charge in [0.2, 0.25) is 0 Å². The van der Waals surface area contributed by atoms with Gasteiger partial charge in [-0.05, 0) is 84.7 Å². The number of aryl methyl sites for hydroxylation is 2. The van der Waals surface area contributed by atoms with Crippen molar-refractivity contribution in [3.63, 3.8) is 0 Å². The fourth-order valence-electron chi connectivity index (χ4n) is 5.19. The predicted molar refractivity (Wildman–Crippen MR) is 135 cm³/mol. The van der Waals surface area contributed by atoms with Gasteiger partial charge in [0.25, 0.3) is 0 Å². The van der Waals surface area contributed by atoms with Crippen LogP contribution in [0.15, 0.2) is 66.7 Å². The summed E-state index contributed by atoms with van der Waals surface area (Å²) in [7, 11) is 0. The lowest BCUT2D eigenvalue weighted by Crippen LogP contribution is -2.13. The zero-order valence-corrected chi connectivity index (χ0v) is 19.7. The SMILES string of the molecule is CCCCC1CCC(c2ccc(CCc3ccc(-c4ccc(C#N)cc4F)cc3)cc2)CC1. The van der Waals surface area contributed by atoms with E-state index in [9.17, 15) is 4.39 Å². The Morgan fingerprint density at radius 2 is 1.48 bits per heavy atom. The van der Waals surface area contributed by atoms with Crippen LogP contribution in [0.5, 0.6) is 0 Å². The van der Waals surface area contributed by atoms with Crippen molar-refractivity contribution in [2.45, 2.75) is 70.6 Å². The fraction of sp³-hybridized carbons (Fsp3) is 0.387. The van der Waals surface area contributed by atoms with Crippen LogP contribution in [-0.2, 0) is 12.8 Å². The van der Waals surface area contributed by atoms with Crippen molar-refractivity contribution in [3.05, 3.63) is 94.8 Å². The Kier molecular flexibility index (Phi) is 7.95. The molecule has 0 radical (unpaired) electrons. The van der Waals surface area contributed by atoms with Gasteiger partial charge in [0, 0.05) is 5.56 Å². The molecule has 4 rings (SSSR count). The van der Waals surface area contributed by atoms with Crippen LogP contribution >= 0.6 is 0 Å². The predicted octanol–water partition coefficient (Wildman–Crippen LogP) is 8.61. The number of nitriles is 1. The van der Waals surface area contributed by atoms with Gasteiger partial charge in [0.15, 0.2) is 0 Å². The van der Waals surface area contributed by atoms with Crippen molar-refractivity contribution >= 4 is 0 Å². The highest BCUT2D eigenvalue weighted by Crippen LogP contribution is 2.37. The third-order valence-corrected chi connectivity index (χ3v) is 7.33. The molecule has 1 aliphatic carbocycles. The van der Waals surface area contributed by atoms with E-state index in [-0.39, 0.29) is 5.82 Å². The summed E-state index contributed by atoms with van der Waals surface area (Å²) < 4.78 is 14.3. The molecule has 0 heterocycles. The van der Waals surface area contributed by atoms with E-state index in [0.29, 0.717) is 11.1 Å². The third kappa shape index (κ3) is 6.11. The molecule has 1 aliphatic rings. The second kappa shape index (κ2) is 11.3. The molecular weight excluding hydrogens is 405 g/mol. The highest BCUT2D eigenvalue weighted by Gasteiger charge is 2.21. The van der Waals surface area contributed by atoms with Crippen molar-refractivity contribution in [1.29, 1.82) is 5.26 Å². The van der Waals surface area contributed by atoms with Gasteiger partial charge in [-0.3, -0.25) is 0 Å².